The van der Waals surface area contributed by atoms with Crippen LogP contribution in [0.15, 0.2) is 41.0 Å². The summed E-state index contributed by atoms with van der Waals surface area (Å²) in [6, 6.07) is 9.64. The van der Waals surface area contributed by atoms with E-state index in [9.17, 15) is 0 Å². The monoisotopic (exact) mass is 350 g/mol. The molecular weight excluding hydrogens is 340 g/mol. The molecule has 2 aromatic heterocycles. The van der Waals surface area contributed by atoms with Crippen molar-refractivity contribution in [2.75, 3.05) is 5.73 Å². The molecule has 102 valence electrons. The third-order valence-corrected chi connectivity index (χ3v) is 3.95. The lowest BCUT2D eigenvalue weighted by Crippen LogP contribution is -2.10. The number of imidazole rings is 1. The van der Waals surface area contributed by atoms with E-state index in [0.717, 1.165) is 21.2 Å². The van der Waals surface area contributed by atoms with Gasteiger partial charge in [-0.05, 0) is 46.6 Å². The number of hydrogen-bond donors (Lipinski definition) is 1. The molecule has 2 heterocycles. The molecule has 0 bridgehead atoms. The fourth-order valence-corrected chi connectivity index (χ4v) is 2.69. The van der Waals surface area contributed by atoms with E-state index in [2.05, 4.69) is 32.8 Å². The molecule has 20 heavy (non-hydrogen) atoms. The second kappa shape index (κ2) is 5.07. The first-order valence-corrected chi connectivity index (χ1v) is 7.28. The first-order valence-electron chi connectivity index (χ1n) is 6.10. The molecule has 0 amide bonds. The van der Waals surface area contributed by atoms with Crippen LogP contribution in [-0.4, -0.2) is 14.5 Å². The number of halogens is 2. The summed E-state index contributed by atoms with van der Waals surface area (Å²) in [6.45, 7) is 2.06. The zero-order valence-corrected chi connectivity index (χ0v) is 13.1. The average molecular weight is 352 g/mol. The van der Waals surface area contributed by atoms with E-state index < -0.39 is 0 Å². The van der Waals surface area contributed by atoms with Crippen LogP contribution in [-0.2, 0) is 0 Å². The molecule has 0 spiro atoms. The highest BCUT2D eigenvalue weighted by atomic mass is 79.9. The minimum atomic E-state index is 0.0333. The number of pyridine rings is 1. The van der Waals surface area contributed by atoms with E-state index in [1.165, 1.54) is 0 Å². The molecule has 3 rings (SSSR count). The van der Waals surface area contributed by atoms with E-state index in [4.69, 9.17) is 17.3 Å². The molecule has 1 atom stereocenters. The molecule has 0 aliphatic heterocycles. The first-order chi connectivity index (χ1) is 9.56. The lowest BCUT2D eigenvalue weighted by molar-refractivity contribution is 0.662. The Labute approximate surface area is 129 Å². The van der Waals surface area contributed by atoms with Crippen molar-refractivity contribution >= 4 is 44.6 Å². The van der Waals surface area contributed by atoms with Gasteiger partial charge in [-0.3, -0.25) is 4.57 Å². The summed E-state index contributed by atoms with van der Waals surface area (Å²) in [4.78, 5) is 8.77. The molecule has 0 aliphatic rings. The van der Waals surface area contributed by atoms with Crippen LogP contribution in [0.4, 0.5) is 5.95 Å². The molecule has 0 saturated heterocycles. The standard InChI is InChI=1S/C14H12BrClN4/c1-8(9-2-4-11(16)5-3-9)20-13-12(19-14(20)17)6-10(15)7-18-13/h2-8H,1H3,(H2,17,19). The number of anilines is 1. The fraction of sp³-hybridized carbons (Fsp3) is 0.143. The molecule has 3 aromatic rings. The molecule has 4 nitrogen and oxygen atoms in total. The number of benzene rings is 1. The van der Waals surface area contributed by atoms with Gasteiger partial charge in [-0.25, -0.2) is 9.97 Å². The molecule has 0 saturated carbocycles. The zero-order valence-electron chi connectivity index (χ0n) is 10.7. The van der Waals surface area contributed by atoms with E-state index in [1.807, 2.05) is 34.9 Å². The van der Waals surface area contributed by atoms with Crippen molar-refractivity contribution in [3.63, 3.8) is 0 Å². The molecule has 2 N–H and O–H groups in total. The van der Waals surface area contributed by atoms with Crippen LogP contribution >= 0.6 is 27.5 Å². The SMILES string of the molecule is CC(c1ccc(Cl)cc1)n1c(N)nc2cc(Br)cnc21. The Morgan fingerprint density at radius 2 is 2.00 bits per heavy atom. The average Bonchev–Trinajstić information content (AvgIpc) is 2.73. The van der Waals surface area contributed by atoms with Crippen molar-refractivity contribution in [1.82, 2.24) is 14.5 Å². The molecule has 1 aromatic carbocycles. The largest absolute Gasteiger partial charge is 0.369 e. The highest BCUT2D eigenvalue weighted by Crippen LogP contribution is 2.27. The van der Waals surface area contributed by atoms with Gasteiger partial charge >= 0.3 is 0 Å². The minimum absolute atomic E-state index is 0.0333. The van der Waals surface area contributed by atoms with E-state index in [0.29, 0.717) is 11.0 Å². The summed E-state index contributed by atoms with van der Waals surface area (Å²) < 4.78 is 2.80. The smallest absolute Gasteiger partial charge is 0.203 e. The van der Waals surface area contributed by atoms with Gasteiger partial charge < -0.3 is 5.73 Å². The molecule has 6 heteroatoms. The minimum Gasteiger partial charge on any atom is -0.369 e. The Morgan fingerprint density at radius 3 is 2.70 bits per heavy atom. The van der Waals surface area contributed by atoms with Crippen molar-refractivity contribution in [3.8, 4) is 0 Å². The summed E-state index contributed by atoms with van der Waals surface area (Å²) in [7, 11) is 0. The van der Waals surface area contributed by atoms with E-state index in [1.54, 1.807) is 6.20 Å². The maximum Gasteiger partial charge on any atom is 0.203 e. The summed E-state index contributed by atoms with van der Waals surface area (Å²) in [5, 5.41) is 0.714. The van der Waals surface area contributed by atoms with Crippen LogP contribution in [0.25, 0.3) is 11.2 Å². The highest BCUT2D eigenvalue weighted by molar-refractivity contribution is 9.10. The van der Waals surface area contributed by atoms with Gasteiger partial charge in [0.15, 0.2) is 5.65 Å². The lowest BCUT2D eigenvalue weighted by atomic mass is 10.1. The van der Waals surface area contributed by atoms with Gasteiger partial charge in [0.1, 0.15) is 5.52 Å². The summed E-state index contributed by atoms with van der Waals surface area (Å²) >= 11 is 9.31. The van der Waals surface area contributed by atoms with Gasteiger partial charge in [0, 0.05) is 15.7 Å². The van der Waals surface area contributed by atoms with Crippen molar-refractivity contribution < 1.29 is 0 Å². The lowest BCUT2D eigenvalue weighted by Gasteiger charge is -2.16. The number of nitrogen functional groups attached to an aromatic ring is 1. The van der Waals surface area contributed by atoms with Crippen LogP contribution in [0, 0.1) is 0 Å². The number of nitrogens with two attached hydrogens (primary N) is 1. The van der Waals surface area contributed by atoms with Crippen LogP contribution in [0.1, 0.15) is 18.5 Å². The van der Waals surface area contributed by atoms with Gasteiger partial charge in [-0.15, -0.1) is 0 Å². The third-order valence-electron chi connectivity index (χ3n) is 3.26. The van der Waals surface area contributed by atoms with E-state index >= 15 is 0 Å². The van der Waals surface area contributed by atoms with Gasteiger partial charge in [0.2, 0.25) is 5.95 Å². The summed E-state index contributed by atoms with van der Waals surface area (Å²) in [5.41, 5.74) is 8.69. The number of hydrogen-bond acceptors (Lipinski definition) is 3. The number of rotatable bonds is 2. The third kappa shape index (κ3) is 2.27. The Hall–Kier alpha value is -1.59. The number of aromatic nitrogens is 3. The predicted octanol–water partition coefficient (Wildman–Crippen LogP) is 4.04. The van der Waals surface area contributed by atoms with Gasteiger partial charge in [-0.1, -0.05) is 23.7 Å². The maximum atomic E-state index is 6.04. The van der Waals surface area contributed by atoms with Crippen molar-refractivity contribution in [2.45, 2.75) is 13.0 Å². The fourth-order valence-electron chi connectivity index (χ4n) is 2.25. The van der Waals surface area contributed by atoms with Gasteiger partial charge in [0.05, 0.1) is 6.04 Å². The molecular formula is C14H12BrClN4. The second-order valence-electron chi connectivity index (χ2n) is 4.56. The van der Waals surface area contributed by atoms with E-state index in [-0.39, 0.29) is 6.04 Å². The Morgan fingerprint density at radius 1 is 1.30 bits per heavy atom. The van der Waals surface area contributed by atoms with Crippen LogP contribution < -0.4 is 5.73 Å². The van der Waals surface area contributed by atoms with Crippen LogP contribution in [0.2, 0.25) is 5.02 Å². The van der Waals surface area contributed by atoms with Crippen LogP contribution in [0.3, 0.4) is 0 Å². The Balaban J connectivity index is 2.13. The summed E-state index contributed by atoms with van der Waals surface area (Å²) in [5.74, 6) is 0.452. The summed E-state index contributed by atoms with van der Waals surface area (Å²) in [6.07, 6.45) is 1.74. The molecule has 0 aliphatic carbocycles. The Kier molecular flexibility index (Phi) is 3.40. The maximum absolute atomic E-state index is 6.04. The topological polar surface area (TPSA) is 56.7 Å². The van der Waals surface area contributed by atoms with Crippen molar-refractivity contribution in [2.24, 2.45) is 0 Å². The second-order valence-corrected chi connectivity index (χ2v) is 5.92. The number of nitrogens with zero attached hydrogens (tertiary/aromatic N) is 3. The Bertz CT molecular complexity index is 767. The molecule has 0 radical (unpaired) electrons. The first kappa shape index (κ1) is 13.4. The predicted molar refractivity (Wildman–Crippen MR) is 84.9 cm³/mol. The van der Waals surface area contributed by atoms with Crippen molar-refractivity contribution in [3.05, 3.63) is 51.6 Å². The zero-order chi connectivity index (χ0) is 14.3. The highest BCUT2D eigenvalue weighted by Gasteiger charge is 2.16. The quantitative estimate of drug-likeness (QED) is 0.758. The van der Waals surface area contributed by atoms with Crippen molar-refractivity contribution in [1.29, 1.82) is 0 Å². The number of fused-ring (bicyclic) bond motifs is 1. The molecule has 0 fully saturated rings. The molecule has 1 unspecified atom stereocenters. The van der Waals surface area contributed by atoms with Crippen LogP contribution in [0.5, 0.6) is 0 Å². The van der Waals surface area contributed by atoms with Gasteiger partial charge in [-0.2, -0.15) is 0 Å². The van der Waals surface area contributed by atoms with Gasteiger partial charge in [0.25, 0.3) is 0 Å². The normalized spacial score (nSPS) is 12.8.